The monoisotopic (exact) mass is 276 g/mol. The fourth-order valence-electron chi connectivity index (χ4n) is 0.839. The predicted molar refractivity (Wildman–Crippen MR) is 60.3 cm³/mol. The maximum atomic E-state index is 9.51. The van der Waals surface area contributed by atoms with E-state index in [-0.39, 0.29) is 13.2 Å². The molecule has 0 saturated carbocycles. The van der Waals surface area contributed by atoms with Crippen LogP contribution >= 0.6 is 15.9 Å². The minimum Gasteiger partial charge on any atom is -0.393 e. The molecule has 0 spiro atoms. The molecule has 6 nitrogen and oxygen atoms in total. The summed E-state index contributed by atoms with van der Waals surface area (Å²) in [6.45, 7) is 1.30. The van der Waals surface area contributed by atoms with Crippen molar-refractivity contribution in [1.82, 2.24) is 9.97 Å². The number of anilines is 2. The summed E-state index contributed by atoms with van der Waals surface area (Å²) in [5, 5.41) is 21.1. The first kappa shape index (κ1) is 12.2. The Hall–Kier alpha value is -0.920. The summed E-state index contributed by atoms with van der Waals surface area (Å²) in [5.74, 6) is 0.624. The smallest absolute Gasteiger partial charge is 0.225 e. The average molecular weight is 277 g/mol. The third-order valence-electron chi connectivity index (χ3n) is 1.68. The van der Waals surface area contributed by atoms with Crippen molar-refractivity contribution in [2.24, 2.45) is 0 Å². The molecule has 1 atom stereocenters. The second kappa shape index (κ2) is 4.73. The maximum absolute atomic E-state index is 9.51. The van der Waals surface area contributed by atoms with Gasteiger partial charge in [0, 0.05) is 12.6 Å². The molecule has 7 heteroatoms. The highest BCUT2D eigenvalue weighted by Crippen LogP contribution is 2.13. The molecule has 0 fully saturated rings. The molecule has 0 aliphatic carbocycles. The number of hydrogen-bond acceptors (Lipinski definition) is 6. The number of aliphatic hydroxyl groups excluding tert-OH is 1. The van der Waals surface area contributed by atoms with E-state index < -0.39 is 5.60 Å². The Morgan fingerprint density at radius 3 is 2.80 bits per heavy atom. The van der Waals surface area contributed by atoms with E-state index in [0.29, 0.717) is 16.4 Å². The molecule has 0 aromatic carbocycles. The van der Waals surface area contributed by atoms with E-state index >= 15 is 0 Å². The zero-order valence-corrected chi connectivity index (χ0v) is 9.82. The highest BCUT2D eigenvalue weighted by atomic mass is 79.9. The summed E-state index contributed by atoms with van der Waals surface area (Å²) in [7, 11) is 0. The van der Waals surface area contributed by atoms with E-state index in [1.54, 1.807) is 6.07 Å². The minimum absolute atomic E-state index is 0.138. The maximum Gasteiger partial charge on any atom is 0.225 e. The number of aromatic nitrogens is 2. The number of nitrogens with one attached hydrogen (secondary N) is 1. The standard InChI is InChI=1S/C8H13BrN4O2/c1-8(15,4-14)3-11-7-12-5(9)2-6(10)13-7/h2,14-15H,3-4H2,1H3,(H3,10,11,12,13). The number of nitrogens with two attached hydrogens (primary N) is 1. The van der Waals surface area contributed by atoms with Crippen LogP contribution in [0.4, 0.5) is 11.8 Å². The molecule has 1 aromatic heterocycles. The van der Waals surface area contributed by atoms with E-state index in [4.69, 9.17) is 10.8 Å². The number of aliphatic hydroxyl groups is 2. The van der Waals surface area contributed by atoms with Gasteiger partial charge in [-0.15, -0.1) is 0 Å². The van der Waals surface area contributed by atoms with Crippen molar-refractivity contribution in [1.29, 1.82) is 0 Å². The zero-order valence-electron chi connectivity index (χ0n) is 8.24. The fourth-order valence-corrected chi connectivity index (χ4v) is 1.24. The summed E-state index contributed by atoms with van der Waals surface area (Å²) >= 11 is 3.17. The van der Waals surface area contributed by atoms with Crippen LogP contribution in [0.15, 0.2) is 10.7 Å². The van der Waals surface area contributed by atoms with Gasteiger partial charge in [-0.2, -0.15) is 4.98 Å². The Bertz CT molecular complexity index is 325. The highest BCUT2D eigenvalue weighted by Gasteiger charge is 2.18. The van der Waals surface area contributed by atoms with E-state index in [1.807, 2.05) is 0 Å². The molecule has 1 unspecified atom stereocenters. The van der Waals surface area contributed by atoms with Crippen LogP contribution in [0, 0.1) is 0 Å². The third-order valence-corrected chi connectivity index (χ3v) is 2.09. The molecule has 0 saturated heterocycles. The second-order valence-corrected chi connectivity index (χ2v) is 4.26. The van der Waals surface area contributed by atoms with Crippen LogP contribution in [-0.2, 0) is 0 Å². The van der Waals surface area contributed by atoms with Crippen LogP contribution in [0.3, 0.4) is 0 Å². The molecule has 5 N–H and O–H groups in total. The minimum atomic E-state index is -1.21. The van der Waals surface area contributed by atoms with Gasteiger partial charge in [0.05, 0.1) is 6.61 Å². The second-order valence-electron chi connectivity index (χ2n) is 3.45. The molecule has 15 heavy (non-hydrogen) atoms. The van der Waals surface area contributed by atoms with Gasteiger partial charge in [0.2, 0.25) is 5.95 Å². The molecule has 1 heterocycles. The van der Waals surface area contributed by atoms with Gasteiger partial charge in [-0.05, 0) is 22.9 Å². The van der Waals surface area contributed by atoms with Crippen LogP contribution in [0.2, 0.25) is 0 Å². The number of halogens is 1. The molecule has 1 aromatic rings. The first-order valence-corrected chi connectivity index (χ1v) is 5.09. The summed E-state index contributed by atoms with van der Waals surface area (Å²) in [5.41, 5.74) is 4.29. The van der Waals surface area contributed by atoms with Gasteiger partial charge >= 0.3 is 0 Å². The third kappa shape index (κ3) is 3.98. The first-order valence-electron chi connectivity index (χ1n) is 4.30. The van der Waals surface area contributed by atoms with Crippen molar-refractivity contribution in [2.75, 3.05) is 24.2 Å². The largest absolute Gasteiger partial charge is 0.393 e. The van der Waals surface area contributed by atoms with Crippen LogP contribution in [0.5, 0.6) is 0 Å². The van der Waals surface area contributed by atoms with Crippen LogP contribution < -0.4 is 11.1 Å². The topological polar surface area (TPSA) is 104 Å². The van der Waals surface area contributed by atoms with Gasteiger partial charge in [-0.1, -0.05) is 0 Å². The first-order chi connectivity index (χ1) is 6.93. The van der Waals surface area contributed by atoms with Crippen molar-refractivity contribution in [2.45, 2.75) is 12.5 Å². The number of hydrogen-bond donors (Lipinski definition) is 4. The van der Waals surface area contributed by atoms with E-state index in [1.165, 1.54) is 6.92 Å². The molecule has 0 radical (unpaired) electrons. The summed E-state index contributed by atoms with van der Waals surface area (Å²) in [6.07, 6.45) is 0. The van der Waals surface area contributed by atoms with Gasteiger partial charge < -0.3 is 21.3 Å². The van der Waals surface area contributed by atoms with E-state index in [0.717, 1.165) is 0 Å². The SMILES string of the molecule is CC(O)(CO)CNc1nc(N)cc(Br)n1. The Morgan fingerprint density at radius 2 is 2.27 bits per heavy atom. The van der Waals surface area contributed by atoms with Gasteiger partial charge in [0.1, 0.15) is 16.0 Å². The Kier molecular flexibility index (Phi) is 3.83. The Morgan fingerprint density at radius 1 is 1.60 bits per heavy atom. The van der Waals surface area contributed by atoms with Crippen molar-refractivity contribution in [3.8, 4) is 0 Å². The van der Waals surface area contributed by atoms with Gasteiger partial charge in [0.15, 0.2) is 0 Å². The quantitative estimate of drug-likeness (QED) is 0.576. The zero-order chi connectivity index (χ0) is 11.5. The van der Waals surface area contributed by atoms with Crippen LogP contribution in [0.1, 0.15) is 6.92 Å². The Labute approximate surface area is 95.7 Å². The van der Waals surface area contributed by atoms with Crippen LogP contribution in [0.25, 0.3) is 0 Å². The van der Waals surface area contributed by atoms with Crippen molar-refractivity contribution >= 4 is 27.7 Å². The normalized spacial score (nSPS) is 14.7. The molecule has 0 aliphatic rings. The van der Waals surface area contributed by atoms with E-state index in [9.17, 15) is 5.11 Å². The predicted octanol–water partition coefficient (Wildman–Crippen LogP) is -0.0235. The van der Waals surface area contributed by atoms with Gasteiger partial charge in [0.25, 0.3) is 0 Å². The Balaban J connectivity index is 2.65. The lowest BCUT2D eigenvalue weighted by Crippen LogP contribution is -2.37. The molecular formula is C8H13BrN4O2. The number of rotatable bonds is 4. The van der Waals surface area contributed by atoms with Crippen molar-refractivity contribution in [3.05, 3.63) is 10.7 Å². The van der Waals surface area contributed by atoms with Crippen LogP contribution in [-0.4, -0.2) is 38.9 Å². The summed E-state index contributed by atoms with van der Waals surface area (Å²) in [4.78, 5) is 7.90. The lowest BCUT2D eigenvalue weighted by atomic mass is 10.1. The lowest BCUT2D eigenvalue weighted by molar-refractivity contribution is 0.0131. The number of nitrogen functional groups attached to an aromatic ring is 1. The molecule has 0 aliphatic heterocycles. The van der Waals surface area contributed by atoms with Crippen molar-refractivity contribution in [3.63, 3.8) is 0 Å². The lowest BCUT2D eigenvalue weighted by Gasteiger charge is -2.20. The molecular weight excluding hydrogens is 264 g/mol. The highest BCUT2D eigenvalue weighted by molar-refractivity contribution is 9.10. The molecule has 84 valence electrons. The molecule has 0 amide bonds. The molecule has 1 rings (SSSR count). The van der Waals surface area contributed by atoms with Gasteiger partial charge in [-0.25, -0.2) is 4.98 Å². The number of nitrogens with zero attached hydrogens (tertiary/aromatic N) is 2. The summed E-state index contributed by atoms with van der Waals surface area (Å²) in [6, 6.07) is 1.56. The average Bonchev–Trinajstić information content (AvgIpc) is 2.14. The van der Waals surface area contributed by atoms with Crippen molar-refractivity contribution < 1.29 is 10.2 Å². The van der Waals surface area contributed by atoms with Gasteiger partial charge in [-0.3, -0.25) is 0 Å². The molecule has 0 bridgehead atoms. The van der Waals surface area contributed by atoms with E-state index in [2.05, 4.69) is 31.2 Å². The fraction of sp³-hybridized carbons (Fsp3) is 0.500. The summed E-state index contributed by atoms with van der Waals surface area (Å²) < 4.78 is 0.557.